The van der Waals surface area contributed by atoms with Gasteiger partial charge in [-0.1, -0.05) is 18.2 Å². The Morgan fingerprint density at radius 1 is 1.38 bits per heavy atom. The van der Waals surface area contributed by atoms with Gasteiger partial charge in [-0.05, 0) is 34.5 Å². The molecule has 126 valence electrons. The number of aryl methyl sites for hydroxylation is 1. The molecule has 1 atom stereocenters. The van der Waals surface area contributed by atoms with Gasteiger partial charge in [0.25, 0.3) is 5.56 Å². The molecular weight excluding hydrogens is 396 g/mol. The Labute approximate surface area is 149 Å². The van der Waals surface area contributed by atoms with Crippen molar-refractivity contribution in [1.29, 1.82) is 0 Å². The van der Waals surface area contributed by atoms with Gasteiger partial charge >= 0.3 is 5.69 Å². The van der Waals surface area contributed by atoms with E-state index < -0.39 is 17.4 Å². The highest BCUT2D eigenvalue weighted by molar-refractivity contribution is 9.11. The van der Waals surface area contributed by atoms with Crippen LogP contribution in [0.1, 0.15) is 17.2 Å². The lowest BCUT2D eigenvalue weighted by molar-refractivity contribution is 0.152. The van der Waals surface area contributed by atoms with Crippen LogP contribution in [0.5, 0.6) is 5.75 Å². The molecule has 0 saturated heterocycles. The first-order chi connectivity index (χ1) is 11.4. The molecule has 0 bridgehead atoms. The van der Waals surface area contributed by atoms with Crippen molar-refractivity contribution >= 4 is 37.5 Å². The summed E-state index contributed by atoms with van der Waals surface area (Å²) in [4.78, 5) is 27.2. The van der Waals surface area contributed by atoms with Crippen LogP contribution in [-0.2, 0) is 6.54 Å². The summed E-state index contributed by atoms with van der Waals surface area (Å²) in [5, 5.41) is 11.0. The Morgan fingerprint density at radius 2 is 2.08 bits per heavy atom. The quantitative estimate of drug-likeness (QED) is 0.691. The smallest absolute Gasteiger partial charge is 0.329 e. The molecule has 3 rings (SSSR count). The number of halogens is 1. The second-order valence-corrected chi connectivity index (χ2v) is 7.63. The molecule has 0 radical (unpaired) electrons. The van der Waals surface area contributed by atoms with Crippen LogP contribution in [0.4, 0.5) is 0 Å². The molecule has 0 spiro atoms. The zero-order valence-corrected chi connectivity index (χ0v) is 15.4. The number of aromatic amines is 1. The number of fused-ring (bicyclic) bond motifs is 1. The number of para-hydroxylation sites is 1. The number of ether oxygens (including phenoxy) is 1. The van der Waals surface area contributed by atoms with Gasteiger partial charge in [-0.3, -0.25) is 14.3 Å². The average Bonchev–Trinajstić information content (AvgIpc) is 2.86. The van der Waals surface area contributed by atoms with Crippen molar-refractivity contribution in [1.82, 2.24) is 9.55 Å². The number of nitrogens with one attached hydrogen (secondary N) is 1. The van der Waals surface area contributed by atoms with E-state index in [9.17, 15) is 14.7 Å². The fraction of sp³-hybridized carbons (Fsp3) is 0.250. The normalized spacial score (nSPS) is 12.5. The minimum absolute atomic E-state index is 0.0128. The Balaban J connectivity index is 2.12. The maximum atomic E-state index is 12.3. The van der Waals surface area contributed by atoms with Gasteiger partial charge < -0.3 is 9.84 Å². The number of thiophene rings is 1. The minimum Gasteiger partial charge on any atom is -0.496 e. The standard InChI is InChI=1S/C16H15BrN2O4S/c1-8-12-14(21)18-16(22)19(15(12)24-13(8)17)7-10(20)9-5-3-4-6-11(9)23-2/h3-6,10,20H,7H2,1-2H3,(H,18,21,22). The number of methoxy groups -OCH3 is 1. The van der Waals surface area contributed by atoms with Crippen LogP contribution in [0, 0.1) is 6.92 Å². The van der Waals surface area contributed by atoms with E-state index >= 15 is 0 Å². The summed E-state index contributed by atoms with van der Waals surface area (Å²) in [6.07, 6.45) is -0.950. The molecule has 1 unspecified atom stereocenters. The van der Waals surface area contributed by atoms with Crippen LogP contribution in [0.3, 0.4) is 0 Å². The van der Waals surface area contributed by atoms with Crippen LogP contribution in [-0.4, -0.2) is 21.8 Å². The van der Waals surface area contributed by atoms with Crippen molar-refractivity contribution in [2.45, 2.75) is 19.6 Å². The molecule has 6 nitrogen and oxygen atoms in total. The van der Waals surface area contributed by atoms with Crippen LogP contribution in [0.2, 0.25) is 0 Å². The van der Waals surface area contributed by atoms with E-state index in [1.165, 1.54) is 23.0 Å². The summed E-state index contributed by atoms with van der Waals surface area (Å²) in [6, 6.07) is 7.08. The number of H-pyrrole nitrogens is 1. The first-order valence-electron chi connectivity index (χ1n) is 7.16. The van der Waals surface area contributed by atoms with E-state index in [1.807, 2.05) is 6.92 Å². The molecule has 0 amide bonds. The summed E-state index contributed by atoms with van der Waals surface area (Å²) in [6.45, 7) is 1.82. The Morgan fingerprint density at radius 3 is 2.79 bits per heavy atom. The third-order valence-corrected chi connectivity index (χ3v) is 6.04. The summed E-state index contributed by atoms with van der Waals surface area (Å²) >= 11 is 4.70. The number of aromatic nitrogens is 2. The van der Waals surface area contributed by atoms with Gasteiger partial charge in [-0.25, -0.2) is 4.79 Å². The third kappa shape index (κ3) is 2.81. The van der Waals surface area contributed by atoms with Gasteiger partial charge in [-0.15, -0.1) is 11.3 Å². The molecule has 1 aromatic carbocycles. The van der Waals surface area contributed by atoms with Gasteiger partial charge in [0.15, 0.2) is 0 Å². The molecule has 0 aliphatic heterocycles. The highest BCUT2D eigenvalue weighted by atomic mass is 79.9. The molecular formula is C16H15BrN2O4S. The highest BCUT2D eigenvalue weighted by Gasteiger charge is 2.19. The van der Waals surface area contributed by atoms with Crippen LogP contribution in [0.15, 0.2) is 37.6 Å². The van der Waals surface area contributed by atoms with Crippen molar-refractivity contribution in [3.05, 3.63) is 60.0 Å². The molecule has 24 heavy (non-hydrogen) atoms. The molecule has 0 fully saturated rings. The third-order valence-electron chi connectivity index (χ3n) is 3.86. The van der Waals surface area contributed by atoms with Crippen molar-refractivity contribution in [3.63, 3.8) is 0 Å². The van der Waals surface area contributed by atoms with Crippen molar-refractivity contribution in [2.24, 2.45) is 0 Å². The van der Waals surface area contributed by atoms with E-state index in [0.717, 1.165) is 9.35 Å². The van der Waals surface area contributed by atoms with Crippen molar-refractivity contribution in [3.8, 4) is 5.75 Å². The van der Waals surface area contributed by atoms with Crippen LogP contribution < -0.4 is 16.0 Å². The Bertz CT molecular complexity index is 1020. The largest absolute Gasteiger partial charge is 0.496 e. The van der Waals surface area contributed by atoms with E-state index in [0.29, 0.717) is 21.5 Å². The average molecular weight is 411 g/mol. The summed E-state index contributed by atoms with van der Waals surface area (Å²) in [5.41, 5.74) is 0.392. The van der Waals surface area contributed by atoms with Crippen LogP contribution in [0.25, 0.3) is 10.2 Å². The van der Waals surface area contributed by atoms with Gasteiger partial charge in [0, 0.05) is 5.56 Å². The molecule has 2 heterocycles. The summed E-state index contributed by atoms with van der Waals surface area (Å²) < 4.78 is 7.43. The maximum Gasteiger partial charge on any atom is 0.329 e. The fourth-order valence-corrected chi connectivity index (χ4v) is 4.33. The van der Waals surface area contributed by atoms with Crippen LogP contribution >= 0.6 is 27.3 Å². The topological polar surface area (TPSA) is 84.3 Å². The fourth-order valence-electron chi connectivity index (χ4n) is 2.63. The molecule has 8 heteroatoms. The summed E-state index contributed by atoms with van der Waals surface area (Å²) in [5.74, 6) is 0.544. The molecule has 0 saturated carbocycles. The Hall–Kier alpha value is -1.90. The number of hydrogen-bond acceptors (Lipinski definition) is 5. The lowest BCUT2D eigenvalue weighted by Crippen LogP contribution is -2.31. The second-order valence-electron chi connectivity index (χ2n) is 5.31. The van der Waals surface area contributed by atoms with Crippen molar-refractivity contribution in [2.75, 3.05) is 7.11 Å². The number of rotatable bonds is 4. The van der Waals surface area contributed by atoms with Gasteiger partial charge in [-0.2, -0.15) is 0 Å². The zero-order chi connectivity index (χ0) is 17.4. The van der Waals surface area contributed by atoms with Gasteiger partial charge in [0.05, 0.1) is 22.8 Å². The number of nitrogens with zero attached hydrogens (tertiary/aromatic N) is 1. The van der Waals surface area contributed by atoms with Gasteiger partial charge in [0.2, 0.25) is 0 Å². The molecule has 0 aliphatic rings. The highest BCUT2D eigenvalue weighted by Crippen LogP contribution is 2.33. The zero-order valence-electron chi connectivity index (χ0n) is 13.0. The van der Waals surface area contributed by atoms with E-state index in [4.69, 9.17) is 4.74 Å². The number of aliphatic hydroxyl groups is 1. The SMILES string of the molecule is COc1ccccc1C(O)Cn1c(=O)[nH]c(=O)c2c(C)c(Br)sc21. The summed E-state index contributed by atoms with van der Waals surface area (Å²) in [7, 11) is 1.52. The predicted molar refractivity (Wildman–Crippen MR) is 97.1 cm³/mol. The number of benzene rings is 1. The monoisotopic (exact) mass is 410 g/mol. The minimum atomic E-state index is -0.950. The molecule has 2 N–H and O–H groups in total. The lowest BCUT2D eigenvalue weighted by Gasteiger charge is -2.16. The van der Waals surface area contributed by atoms with E-state index in [2.05, 4.69) is 20.9 Å². The number of hydrogen-bond donors (Lipinski definition) is 2. The first-order valence-corrected chi connectivity index (χ1v) is 8.77. The van der Waals surface area contributed by atoms with Gasteiger partial charge in [0.1, 0.15) is 16.7 Å². The maximum absolute atomic E-state index is 12.3. The second kappa shape index (κ2) is 6.54. The Kier molecular flexibility index (Phi) is 4.62. The molecule has 0 aliphatic carbocycles. The first kappa shape index (κ1) is 16.9. The number of aliphatic hydroxyl groups excluding tert-OH is 1. The molecule has 2 aromatic heterocycles. The lowest BCUT2D eigenvalue weighted by atomic mass is 10.1. The van der Waals surface area contributed by atoms with E-state index in [-0.39, 0.29) is 6.54 Å². The molecule has 3 aromatic rings. The van der Waals surface area contributed by atoms with E-state index in [1.54, 1.807) is 24.3 Å². The van der Waals surface area contributed by atoms with Crippen molar-refractivity contribution < 1.29 is 9.84 Å². The predicted octanol–water partition coefficient (Wildman–Crippen LogP) is 2.56.